The van der Waals surface area contributed by atoms with Gasteiger partial charge in [-0.3, -0.25) is 9.78 Å². The van der Waals surface area contributed by atoms with E-state index in [1.165, 1.54) is 0 Å². The average molecular weight is 407 g/mol. The van der Waals surface area contributed by atoms with Crippen molar-refractivity contribution >= 4 is 11.7 Å². The van der Waals surface area contributed by atoms with Gasteiger partial charge in [0.05, 0.1) is 11.5 Å². The summed E-state index contributed by atoms with van der Waals surface area (Å²) in [4.78, 5) is 26.7. The number of aliphatic hydroxyl groups is 1. The Morgan fingerprint density at radius 3 is 2.50 bits per heavy atom. The van der Waals surface area contributed by atoms with Crippen LogP contribution < -0.4 is 4.90 Å². The van der Waals surface area contributed by atoms with Crippen molar-refractivity contribution in [3.8, 4) is 11.1 Å². The Hall–Kier alpha value is -2.47. The Labute approximate surface area is 177 Å². The number of rotatable bonds is 3. The first kappa shape index (κ1) is 19.5. The van der Waals surface area contributed by atoms with E-state index in [2.05, 4.69) is 26.9 Å². The number of aliphatic hydroxyl groups excluding tert-OH is 1. The van der Waals surface area contributed by atoms with Crippen molar-refractivity contribution in [1.29, 1.82) is 0 Å². The van der Waals surface area contributed by atoms with Gasteiger partial charge in [-0.2, -0.15) is 0 Å². The molecule has 4 heterocycles. The minimum absolute atomic E-state index is 0.181. The van der Waals surface area contributed by atoms with E-state index in [-0.39, 0.29) is 11.5 Å². The quantitative estimate of drug-likeness (QED) is 0.847. The van der Waals surface area contributed by atoms with Gasteiger partial charge in [0.2, 0.25) is 5.91 Å². The summed E-state index contributed by atoms with van der Waals surface area (Å²) in [5.74, 6) is 1.29. The molecule has 1 spiro atoms. The van der Waals surface area contributed by atoms with Crippen LogP contribution in [0.1, 0.15) is 44.9 Å². The van der Waals surface area contributed by atoms with Crippen LogP contribution in [0.5, 0.6) is 0 Å². The molecular formula is C24H30N4O2. The molecule has 0 aromatic carbocycles. The standard InChI is InChI=1S/C24H30N4O2/c29-21-5-3-20(4-6-21)28-15-11-24(23(28)30)10-1-14-27(17-24)22-7-2-19(16-26-22)18-8-12-25-13-9-18/h2,7-9,12-13,16,20-21,29H,1,3-6,10-11,14-15,17H2/t20-,21-,24-/m1/s1. The van der Waals surface area contributed by atoms with Crippen molar-refractivity contribution in [2.24, 2.45) is 5.41 Å². The highest BCUT2D eigenvalue weighted by Gasteiger charge is 2.50. The Morgan fingerprint density at radius 2 is 1.77 bits per heavy atom. The number of aromatic nitrogens is 2. The first-order valence-corrected chi connectivity index (χ1v) is 11.3. The number of pyridine rings is 2. The summed E-state index contributed by atoms with van der Waals surface area (Å²) in [5, 5.41) is 9.81. The van der Waals surface area contributed by atoms with Crippen LogP contribution in [-0.4, -0.2) is 57.7 Å². The first-order valence-electron chi connectivity index (χ1n) is 11.3. The molecule has 3 fully saturated rings. The lowest BCUT2D eigenvalue weighted by atomic mass is 9.78. The second-order valence-corrected chi connectivity index (χ2v) is 9.16. The number of carbonyl (C=O) groups is 1. The van der Waals surface area contributed by atoms with Crippen LogP contribution in [0.4, 0.5) is 5.82 Å². The Morgan fingerprint density at radius 1 is 0.967 bits per heavy atom. The van der Waals surface area contributed by atoms with Crippen LogP contribution in [0.3, 0.4) is 0 Å². The molecule has 0 unspecified atom stereocenters. The molecular weight excluding hydrogens is 376 g/mol. The van der Waals surface area contributed by atoms with E-state index in [4.69, 9.17) is 4.98 Å². The zero-order valence-electron chi connectivity index (χ0n) is 17.4. The lowest BCUT2D eigenvalue weighted by Gasteiger charge is -2.41. The molecule has 158 valence electrons. The highest BCUT2D eigenvalue weighted by atomic mass is 16.3. The van der Waals surface area contributed by atoms with Gasteiger partial charge < -0.3 is 14.9 Å². The number of hydrogen-bond acceptors (Lipinski definition) is 5. The van der Waals surface area contributed by atoms with Crippen LogP contribution in [-0.2, 0) is 4.79 Å². The fourth-order valence-electron chi connectivity index (χ4n) is 5.56. The maximum absolute atomic E-state index is 13.5. The van der Waals surface area contributed by atoms with E-state index in [0.717, 1.165) is 81.5 Å². The van der Waals surface area contributed by atoms with Gasteiger partial charge in [-0.05, 0) is 74.8 Å². The molecule has 2 saturated heterocycles. The van der Waals surface area contributed by atoms with Crippen LogP contribution in [0.2, 0.25) is 0 Å². The molecule has 2 aliphatic heterocycles. The third kappa shape index (κ3) is 3.58. The molecule has 30 heavy (non-hydrogen) atoms. The molecule has 1 N–H and O–H groups in total. The van der Waals surface area contributed by atoms with Gasteiger partial charge in [0.25, 0.3) is 0 Å². The maximum atomic E-state index is 13.5. The van der Waals surface area contributed by atoms with E-state index in [1.54, 1.807) is 12.4 Å². The average Bonchev–Trinajstić information content (AvgIpc) is 3.10. The van der Waals surface area contributed by atoms with Gasteiger partial charge in [0, 0.05) is 49.8 Å². The summed E-state index contributed by atoms with van der Waals surface area (Å²) in [6.07, 6.45) is 11.8. The zero-order valence-corrected chi connectivity index (χ0v) is 17.4. The highest BCUT2D eigenvalue weighted by Crippen LogP contribution is 2.43. The molecule has 0 bridgehead atoms. The van der Waals surface area contributed by atoms with Crippen molar-refractivity contribution in [3.63, 3.8) is 0 Å². The molecule has 1 atom stereocenters. The number of carbonyl (C=O) groups excluding carboxylic acids is 1. The first-order chi connectivity index (χ1) is 14.6. The number of piperidine rings is 1. The summed E-state index contributed by atoms with van der Waals surface area (Å²) in [6.45, 7) is 2.58. The van der Waals surface area contributed by atoms with Crippen molar-refractivity contribution < 1.29 is 9.90 Å². The molecule has 5 rings (SSSR count). The van der Waals surface area contributed by atoms with Crippen molar-refractivity contribution in [2.75, 3.05) is 24.5 Å². The summed E-state index contributed by atoms with van der Waals surface area (Å²) in [6, 6.07) is 8.47. The Balaban J connectivity index is 1.29. The number of anilines is 1. The van der Waals surface area contributed by atoms with E-state index in [0.29, 0.717) is 11.9 Å². The smallest absolute Gasteiger partial charge is 0.230 e. The lowest BCUT2D eigenvalue weighted by Crippen LogP contribution is -2.50. The molecule has 0 radical (unpaired) electrons. The van der Waals surface area contributed by atoms with Gasteiger partial charge >= 0.3 is 0 Å². The summed E-state index contributed by atoms with van der Waals surface area (Å²) in [7, 11) is 0. The monoisotopic (exact) mass is 406 g/mol. The molecule has 1 amide bonds. The van der Waals surface area contributed by atoms with Gasteiger partial charge in [-0.15, -0.1) is 0 Å². The molecule has 1 saturated carbocycles. The van der Waals surface area contributed by atoms with E-state index in [9.17, 15) is 9.90 Å². The number of likely N-dealkylation sites (tertiary alicyclic amines) is 1. The number of amides is 1. The van der Waals surface area contributed by atoms with E-state index >= 15 is 0 Å². The molecule has 2 aromatic rings. The third-order valence-electron chi connectivity index (χ3n) is 7.32. The lowest BCUT2D eigenvalue weighted by molar-refractivity contribution is -0.139. The SMILES string of the molecule is O=C1N([C@H]2CC[C@H](O)CC2)CC[C@@]12CCCN(c1ccc(-c3ccncc3)cn1)C2. The minimum atomic E-state index is -0.264. The van der Waals surface area contributed by atoms with Crippen LogP contribution in [0.15, 0.2) is 42.9 Å². The predicted octanol–water partition coefficient (Wildman–Crippen LogP) is 3.27. The normalized spacial score (nSPS) is 29.6. The summed E-state index contributed by atoms with van der Waals surface area (Å²) in [5.41, 5.74) is 1.92. The highest BCUT2D eigenvalue weighted by molar-refractivity contribution is 5.86. The molecule has 6 nitrogen and oxygen atoms in total. The fraction of sp³-hybridized carbons (Fsp3) is 0.542. The maximum Gasteiger partial charge on any atom is 0.230 e. The molecule has 1 aliphatic carbocycles. The van der Waals surface area contributed by atoms with Crippen molar-refractivity contribution in [1.82, 2.24) is 14.9 Å². The number of hydrogen-bond donors (Lipinski definition) is 1. The second-order valence-electron chi connectivity index (χ2n) is 9.16. The third-order valence-corrected chi connectivity index (χ3v) is 7.32. The molecule has 6 heteroatoms. The van der Waals surface area contributed by atoms with Crippen molar-refractivity contribution in [2.45, 2.75) is 57.1 Å². The Kier molecular flexibility index (Phi) is 5.19. The van der Waals surface area contributed by atoms with Crippen LogP contribution >= 0.6 is 0 Å². The summed E-state index contributed by atoms with van der Waals surface area (Å²) < 4.78 is 0. The van der Waals surface area contributed by atoms with Gasteiger partial charge in [0.15, 0.2) is 0 Å². The fourth-order valence-corrected chi connectivity index (χ4v) is 5.56. The molecule has 2 aromatic heterocycles. The van der Waals surface area contributed by atoms with E-state index < -0.39 is 0 Å². The largest absolute Gasteiger partial charge is 0.393 e. The van der Waals surface area contributed by atoms with E-state index in [1.807, 2.05) is 18.3 Å². The van der Waals surface area contributed by atoms with Gasteiger partial charge in [-0.25, -0.2) is 4.98 Å². The van der Waals surface area contributed by atoms with Gasteiger partial charge in [-0.1, -0.05) is 0 Å². The van der Waals surface area contributed by atoms with Crippen LogP contribution in [0, 0.1) is 5.41 Å². The second kappa shape index (κ2) is 7.99. The topological polar surface area (TPSA) is 69.6 Å². The number of nitrogens with zero attached hydrogens (tertiary/aromatic N) is 4. The zero-order chi connectivity index (χ0) is 20.6. The van der Waals surface area contributed by atoms with Crippen LogP contribution in [0.25, 0.3) is 11.1 Å². The Bertz CT molecular complexity index is 880. The van der Waals surface area contributed by atoms with Gasteiger partial charge in [0.1, 0.15) is 5.82 Å². The van der Waals surface area contributed by atoms with Crippen molar-refractivity contribution in [3.05, 3.63) is 42.9 Å². The summed E-state index contributed by atoms with van der Waals surface area (Å²) >= 11 is 0. The minimum Gasteiger partial charge on any atom is -0.393 e. The predicted molar refractivity (Wildman–Crippen MR) is 116 cm³/mol. The molecule has 3 aliphatic rings.